The van der Waals surface area contributed by atoms with E-state index in [0.29, 0.717) is 17.0 Å². The van der Waals surface area contributed by atoms with E-state index in [2.05, 4.69) is 25.9 Å². The molecule has 1 saturated carbocycles. The average Bonchev–Trinajstić information content (AvgIpc) is 2.43. The van der Waals surface area contributed by atoms with E-state index in [4.69, 9.17) is 17.3 Å². The highest BCUT2D eigenvalue weighted by Crippen LogP contribution is 2.38. The molecule has 0 amide bonds. The van der Waals surface area contributed by atoms with Crippen LogP contribution in [0.3, 0.4) is 0 Å². The molecule has 1 aromatic rings. The molecule has 2 N–H and O–H groups in total. The second kappa shape index (κ2) is 6.64. The van der Waals surface area contributed by atoms with E-state index in [-0.39, 0.29) is 17.4 Å². The number of hydrogen-bond donors (Lipinski definition) is 1. The fourth-order valence-electron chi connectivity index (χ4n) is 3.54. The van der Waals surface area contributed by atoms with Gasteiger partial charge in [-0.3, -0.25) is 0 Å². The largest absolute Gasteiger partial charge is 0.326 e. The van der Waals surface area contributed by atoms with Gasteiger partial charge >= 0.3 is 0 Å². The quantitative estimate of drug-likeness (QED) is 0.914. The lowest BCUT2D eigenvalue weighted by molar-refractivity contribution is 0.0566. The SMILES string of the molecule is CC1CCC(C(N)Cc2cc(Cl)ccc2F)(N(C)C)CC1. The number of hydrogen-bond acceptors (Lipinski definition) is 2. The second-order valence-electron chi connectivity index (χ2n) is 6.73. The summed E-state index contributed by atoms with van der Waals surface area (Å²) in [6.07, 6.45) is 5.04. The van der Waals surface area contributed by atoms with Gasteiger partial charge in [0, 0.05) is 16.6 Å². The molecule has 0 aromatic heterocycles. The molecular formula is C17H26ClFN2. The number of rotatable bonds is 4. The predicted octanol–water partition coefficient (Wildman–Crippen LogP) is 3.86. The molecule has 4 heteroatoms. The van der Waals surface area contributed by atoms with E-state index in [1.165, 1.54) is 18.9 Å². The van der Waals surface area contributed by atoms with Crippen molar-refractivity contribution in [1.82, 2.24) is 4.90 Å². The first-order chi connectivity index (χ1) is 9.85. The van der Waals surface area contributed by atoms with Crippen molar-refractivity contribution in [3.63, 3.8) is 0 Å². The van der Waals surface area contributed by atoms with Crippen LogP contribution in [0.4, 0.5) is 4.39 Å². The van der Waals surface area contributed by atoms with E-state index in [9.17, 15) is 4.39 Å². The van der Waals surface area contributed by atoms with Gasteiger partial charge in [0.2, 0.25) is 0 Å². The lowest BCUT2D eigenvalue weighted by Gasteiger charge is -2.48. The molecule has 0 aliphatic heterocycles. The van der Waals surface area contributed by atoms with Gasteiger partial charge in [-0.1, -0.05) is 18.5 Å². The molecule has 2 rings (SSSR count). The third-order valence-corrected chi connectivity index (χ3v) is 5.40. The predicted molar refractivity (Wildman–Crippen MR) is 87.1 cm³/mol. The van der Waals surface area contributed by atoms with Crippen LogP contribution >= 0.6 is 11.6 Å². The third kappa shape index (κ3) is 3.58. The van der Waals surface area contributed by atoms with Crippen molar-refractivity contribution in [1.29, 1.82) is 0 Å². The minimum Gasteiger partial charge on any atom is -0.326 e. The Labute approximate surface area is 132 Å². The zero-order valence-corrected chi connectivity index (χ0v) is 14.0. The molecule has 1 aliphatic carbocycles. The normalized spacial score (nSPS) is 27.9. The molecule has 21 heavy (non-hydrogen) atoms. The molecule has 1 aromatic carbocycles. The van der Waals surface area contributed by atoms with Gasteiger partial charge in [0.1, 0.15) is 5.82 Å². The smallest absolute Gasteiger partial charge is 0.126 e. The summed E-state index contributed by atoms with van der Waals surface area (Å²) >= 11 is 5.98. The average molecular weight is 313 g/mol. The van der Waals surface area contributed by atoms with E-state index in [1.54, 1.807) is 12.1 Å². The number of nitrogens with zero attached hydrogens (tertiary/aromatic N) is 1. The van der Waals surface area contributed by atoms with Crippen LogP contribution in [0.5, 0.6) is 0 Å². The summed E-state index contributed by atoms with van der Waals surface area (Å²) in [5, 5.41) is 0.565. The van der Waals surface area contributed by atoms with Crippen molar-refractivity contribution in [3.05, 3.63) is 34.6 Å². The highest BCUT2D eigenvalue weighted by atomic mass is 35.5. The Morgan fingerprint density at radius 3 is 2.57 bits per heavy atom. The monoisotopic (exact) mass is 312 g/mol. The maximum Gasteiger partial charge on any atom is 0.126 e. The molecule has 0 heterocycles. The zero-order valence-electron chi connectivity index (χ0n) is 13.2. The highest BCUT2D eigenvalue weighted by molar-refractivity contribution is 6.30. The van der Waals surface area contributed by atoms with Gasteiger partial charge in [0.25, 0.3) is 0 Å². The summed E-state index contributed by atoms with van der Waals surface area (Å²) in [6.45, 7) is 2.29. The van der Waals surface area contributed by atoms with Crippen molar-refractivity contribution in [2.24, 2.45) is 11.7 Å². The van der Waals surface area contributed by atoms with Crippen LogP contribution in [0.2, 0.25) is 5.02 Å². The van der Waals surface area contributed by atoms with Gasteiger partial charge in [0.15, 0.2) is 0 Å². The molecule has 0 radical (unpaired) electrons. The summed E-state index contributed by atoms with van der Waals surface area (Å²) in [5.41, 5.74) is 7.11. The molecule has 118 valence electrons. The molecular weight excluding hydrogens is 287 g/mol. The molecule has 1 fully saturated rings. The van der Waals surface area contributed by atoms with Crippen LogP contribution in [-0.2, 0) is 6.42 Å². The zero-order chi connectivity index (χ0) is 15.6. The third-order valence-electron chi connectivity index (χ3n) is 5.17. The fourth-order valence-corrected chi connectivity index (χ4v) is 3.73. The van der Waals surface area contributed by atoms with Crippen molar-refractivity contribution >= 4 is 11.6 Å². The van der Waals surface area contributed by atoms with Crippen LogP contribution < -0.4 is 5.73 Å². The Balaban J connectivity index is 2.19. The lowest BCUT2D eigenvalue weighted by atomic mass is 9.71. The minimum absolute atomic E-state index is 0.0404. The lowest BCUT2D eigenvalue weighted by Crippen LogP contribution is -2.59. The first-order valence-corrected chi connectivity index (χ1v) is 8.10. The van der Waals surface area contributed by atoms with Crippen molar-refractivity contribution in [2.45, 2.75) is 50.6 Å². The van der Waals surface area contributed by atoms with Crippen molar-refractivity contribution in [2.75, 3.05) is 14.1 Å². The van der Waals surface area contributed by atoms with Gasteiger partial charge in [0.05, 0.1) is 0 Å². The second-order valence-corrected chi connectivity index (χ2v) is 7.16. The molecule has 0 spiro atoms. The van der Waals surface area contributed by atoms with Crippen molar-refractivity contribution in [3.8, 4) is 0 Å². The Morgan fingerprint density at radius 2 is 2.00 bits per heavy atom. The fraction of sp³-hybridized carbons (Fsp3) is 0.647. The van der Waals surface area contributed by atoms with Gasteiger partial charge in [-0.05, 0) is 75.9 Å². The Bertz CT molecular complexity index is 482. The summed E-state index contributed by atoms with van der Waals surface area (Å²) in [5.74, 6) is 0.543. The molecule has 1 unspecified atom stereocenters. The van der Waals surface area contributed by atoms with Crippen LogP contribution in [0.1, 0.15) is 38.2 Å². The van der Waals surface area contributed by atoms with Crippen LogP contribution in [0.25, 0.3) is 0 Å². The van der Waals surface area contributed by atoms with E-state index in [1.807, 2.05) is 0 Å². The first kappa shape index (κ1) is 16.7. The van der Waals surface area contributed by atoms with E-state index >= 15 is 0 Å². The Morgan fingerprint density at radius 1 is 1.38 bits per heavy atom. The number of nitrogens with two attached hydrogens (primary N) is 1. The van der Waals surface area contributed by atoms with Crippen LogP contribution in [0.15, 0.2) is 18.2 Å². The van der Waals surface area contributed by atoms with Crippen molar-refractivity contribution < 1.29 is 4.39 Å². The Kier molecular flexibility index (Phi) is 5.29. The van der Waals surface area contributed by atoms with E-state index < -0.39 is 0 Å². The molecule has 2 nitrogen and oxygen atoms in total. The number of benzene rings is 1. The number of halogens is 2. The summed E-state index contributed by atoms with van der Waals surface area (Å²) in [4.78, 5) is 2.24. The van der Waals surface area contributed by atoms with Gasteiger partial charge in [-0.2, -0.15) is 0 Å². The topological polar surface area (TPSA) is 29.3 Å². The standard InChI is InChI=1S/C17H26ClFN2/c1-12-6-8-17(9-7-12,21(2)3)16(20)11-13-10-14(18)4-5-15(13)19/h4-5,10,12,16H,6-9,11,20H2,1-3H3. The maximum absolute atomic E-state index is 14.0. The first-order valence-electron chi connectivity index (χ1n) is 7.72. The maximum atomic E-state index is 14.0. The summed E-state index contributed by atoms with van der Waals surface area (Å²) in [6, 6.07) is 4.62. The summed E-state index contributed by atoms with van der Waals surface area (Å²) < 4.78 is 14.0. The molecule has 0 bridgehead atoms. The molecule has 1 atom stereocenters. The molecule has 1 aliphatic rings. The van der Waals surface area contributed by atoms with Crippen LogP contribution in [0, 0.1) is 11.7 Å². The molecule has 0 saturated heterocycles. The number of likely N-dealkylation sites (N-methyl/N-ethyl adjacent to an activating group) is 1. The van der Waals surface area contributed by atoms with Gasteiger partial charge in [-0.15, -0.1) is 0 Å². The Hall–Kier alpha value is -0.640. The van der Waals surface area contributed by atoms with E-state index in [0.717, 1.165) is 18.8 Å². The minimum atomic E-state index is -0.215. The van der Waals surface area contributed by atoms with Crippen LogP contribution in [-0.4, -0.2) is 30.6 Å². The van der Waals surface area contributed by atoms with Gasteiger partial charge in [-0.25, -0.2) is 4.39 Å². The van der Waals surface area contributed by atoms with Gasteiger partial charge < -0.3 is 10.6 Å². The highest BCUT2D eigenvalue weighted by Gasteiger charge is 2.41. The summed E-state index contributed by atoms with van der Waals surface area (Å²) in [7, 11) is 4.17.